The molecule has 4 aromatic rings. The van der Waals surface area contributed by atoms with Crippen molar-refractivity contribution in [3.63, 3.8) is 0 Å². The molecular weight excluding hydrogens is 312 g/mol. The summed E-state index contributed by atoms with van der Waals surface area (Å²) in [5.41, 5.74) is 3.60. The van der Waals surface area contributed by atoms with E-state index in [-0.39, 0.29) is 0 Å². The van der Waals surface area contributed by atoms with Crippen LogP contribution < -0.4 is 5.01 Å². The lowest BCUT2D eigenvalue weighted by Crippen LogP contribution is -2.25. The van der Waals surface area contributed by atoms with Crippen LogP contribution in [0.1, 0.15) is 5.69 Å². The molecule has 0 fully saturated rings. The Morgan fingerprint density at radius 3 is 2.56 bits per heavy atom. The number of hydrogen-bond acceptors (Lipinski definition) is 5. The highest BCUT2D eigenvalue weighted by Crippen LogP contribution is 2.23. The minimum Gasteiger partial charge on any atom is -0.264 e. The van der Waals surface area contributed by atoms with Crippen molar-refractivity contribution in [1.29, 1.82) is 5.26 Å². The Kier molecular flexibility index (Phi) is 3.60. The number of nitrogens with zero attached hydrogens (tertiary/aromatic N) is 6. The Hall–Kier alpha value is -3.72. The zero-order valence-corrected chi connectivity index (χ0v) is 13.5. The monoisotopic (exact) mass is 326 g/mol. The maximum absolute atomic E-state index is 9.35. The Balaban J connectivity index is 1.82. The number of rotatable bonds is 3. The van der Waals surface area contributed by atoms with Crippen LogP contribution in [0.2, 0.25) is 0 Å². The van der Waals surface area contributed by atoms with E-state index >= 15 is 0 Å². The molecule has 0 radical (unpaired) electrons. The Bertz CT molecular complexity index is 1080. The molecule has 0 aliphatic heterocycles. The van der Waals surface area contributed by atoms with Gasteiger partial charge in [-0.15, -0.1) is 0 Å². The first kappa shape index (κ1) is 14.8. The zero-order chi connectivity index (χ0) is 17.2. The van der Waals surface area contributed by atoms with Crippen molar-refractivity contribution in [2.75, 3.05) is 12.1 Å². The molecule has 0 amide bonds. The van der Waals surface area contributed by atoms with Gasteiger partial charge in [-0.1, -0.05) is 42.5 Å². The van der Waals surface area contributed by atoms with Gasteiger partial charge in [0.2, 0.25) is 0 Å². The highest BCUT2D eigenvalue weighted by Gasteiger charge is 2.14. The molecule has 0 N–H and O–H groups in total. The largest absolute Gasteiger partial charge is 0.264 e. The van der Waals surface area contributed by atoms with E-state index in [0.717, 1.165) is 16.6 Å². The molecule has 2 aromatic carbocycles. The topological polar surface area (TPSA) is 70.6 Å². The van der Waals surface area contributed by atoms with Crippen molar-refractivity contribution < 1.29 is 0 Å². The minimum absolute atomic E-state index is 0.304. The Morgan fingerprint density at radius 1 is 1.00 bits per heavy atom. The molecule has 0 saturated carbocycles. The molecule has 0 aliphatic rings. The van der Waals surface area contributed by atoms with Crippen LogP contribution in [0.5, 0.6) is 0 Å². The van der Waals surface area contributed by atoms with Gasteiger partial charge in [0.15, 0.2) is 11.5 Å². The summed E-state index contributed by atoms with van der Waals surface area (Å²) in [6.45, 7) is 0. The fourth-order valence-corrected chi connectivity index (χ4v) is 2.71. The lowest BCUT2D eigenvalue weighted by atomic mass is 10.1. The lowest BCUT2D eigenvalue weighted by molar-refractivity contribution is 0.778. The highest BCUT2D eigenvalue weighted by atomic mass is 15.6. The molecule has 6 nitrogen and oxygen atoms in total. The van der Waals surface area contributed by atoms with Crippen LogP contribution in [-0.4, -0.2) is 26.7 Å². The second kappa shape index (κ2) is 6.06. The maximum atomic E-state index is 9.35. The summed E-state index contributed by atoms with van der Waals surface area (Å²) in [5.74, 6) is 0.626. The van der Waals surface area contributed by atoms with Crippen LogP contribution >= 0.6 is 0 Å². The highest BCUT2D eigenvalue weighted by molar-refractivity contribution is 5.76. The van der Waals surface area contributed by atoms with Gasteiger partial charge in [-0.3, -0.25) is 5.01 Å². The van der Waals surface area contributed by atoms with E-state index in [0.29, 0.717) is 17.2 Å². The first-order chi connectivity index (χ1) is 12.3. The summed E-state index contributed by atoms with van der Waals surface area (Å²) < 4.78 is 1.90. The van der Waals surface area contributed by atoms with E-state index in [2.05, 4.69) is 21.0 Å². The van der Waals surface area contributed by atoms with E-state index < -0.39 is 0 Å². The first-order valence-electron chi connectivity index (χ1n) is 7.76. The van der Waals surface area contributed by atoms with Gasteiger partial charge in [0.1, 0.15) is 18.1 Å². The fraction of sp³-hybridized carbons (Fsp3) is 0.0526. The van der Waals surface area contributed by atoms with E-state index in [4.69, 9.17) is 0 Å². The van der Waals surface area contributed by atoms with E-state index in [1.165, 1.54) is 0 Å². The number of nitriles is 1. The molecule has 2 aromatic heterocycles. The number of anilines is 1. The number of aromatic nitrogens is 4. The minimum atomic E-state index is 0.304. The van der Waals surface area contributed by atoms with Crippen LogP contribution in [0.15, 0.2) is 67.1 Å². The summed E-state index contributed by atoms with van der Waals surface area (Å²) in [5, 5.41) is 11.2. The average Bonchev–Trinajstić information content (AvgIpc) is 3.11. The van der Waals surface area contributed by atoms with E-state index in [1.807, 2.05) is 71.3 Å². The molecule has 0 bridgehead atoms. The van der Waals surface area contributed by atoms with Crippen LogP contribution in [0.25, 0.3) is 22.3 Å². The number of hydrogen-bond donors (Lipinski definition) is 0. The third-order valence-corrected chi connectivity index (χ3v) is 4.00. The van der Waals surface area contributed by atoms with Crippen molar-refractivity contribution in [1.82, 2.24) is 19.6 Å². The van der Waals surface area contributed by atoms with Gasteiger partial charge >= 0.3 is 0 Å². The van der Waals surface area contributed by atoms with Crippen LogP contribution in [0.3, 0.4) is 0 Å². The van der Waals surface area contributed by atoms with E-state index in [1.54, 1.807) is 12.5 Å². The number of benzene rings is 2. The normalized spacial score (nSPS) is 10.6. The van der Waals surface area contributed by atoms with E-state index in [9.17, 15) is 5.26 Å². The maximum Gasteiger partial charge on any atom is 0.166 e. The molecule has 4 rings (SSSR count). The predicted molar refractivity (Wildman–Crippen MR) is 95.7 cm³/mol. The van der Waals surface area contributed by atoms with Crippen LogP contribution in [-0.2, 0) is 0 Å². The molecular formula is C19H14N6. The molecule has 6 heteroatoms. The third-order valence-electron chi connectivity index (χ3n) is 4.00. The summed E-state index contributed by atoms with van der Waals surface area (Å²) in [4.78, 5) is 13.4. The standard InChI is InChI=1S/C19H14N6/c1-24(25-13-22-15-9-5-6-10-17(15)25)18-12-21-16(11-20)19(23-18)14-7-3-2-4-8-14/h2-10,12-13H,1H3. The smallest absolute Gasteiger partial charge is 0.166 e. The number of fused-ring (bicyclic) bond motifs is 1. The number of imidazole rings is 1. The van der Waals surface area contributed by atoms with Gasteiger partial charge in [0.05, 0.1) is 17.2 Å². The van der Waals surface area contributed by atoms with Crippen molar-refractivity contribution >= 4 is 16.9 Å². The van der Waals surface area contributed by atoms with Crippen molar-refractivity contribution in [3.8, 4) is 17.3 Å². The first-order valence-corrected chi connectivity index (χ1v) is 7.76. The van der Waals surface area contributed by atoms with Gasteiger partial charge in [0, 0.05) is 12.6 Å². The summed E-state index contributed by atoms with van der Waals surface area (Å²) in [7, 11) is 1.89. The molecule has 120 valence electrons. The lowest BCUT2D eigenvalue weighted by Gasteiger charge is -2.20. The van der Waals surface area contributed by atoms with Gasteiger partial charge in [0.25, 0.3) is 0 Å². The van der Waals surface area contributed by atoms with Crippen molar-refractivity contribution in [2.45, 2.75) is 0 Å². The Labute approximate surface area is 144 Å². The zero-order valence-electron chi connectivity index (χ0n) is 13.5. The molecule has 2 heterocycles. The fourth-order valence-electron chi connectivity index (χ4n) is 2.71. The summed E-state index contributed by atoms with van der Waals surface area (Å²) in [6.07, 6.45) is 3.34. The van der Waals surface area contributed by atoms with Gasteiger partial charge < -0.3 is 0 Å². The second-order valence-electron chi connectivity index (χ2n) is 5.50. The number of para-hydroxylation sites is 2. The molecule has 0 unspecified atom stereocenters. The van der Waals surface area contributed by atoms with Gasteiger partial charge in [-0.25, -0.2) is 19.6 Å². The van der Waals surface area contributed by atoms with Crippen molar-refractivity contribution in [3.05, 3.63) is 72.8 Å². The molecule has 0 saturated heterocycles. The SMILES string of the molecule is CN(c1cnc(C#N)c(-c2ccccc2)n1)n1cnc2ccccc21. The van der Waals surface area contributed by atoms with Gasteiger partial charge in [-0.05, 0) is 12.1 Å². The summed E-state index contributed by atoms with van der Waals surface area (Å²) in [6, 6.07) is 19.6. The molecule has 25 heavy (non-hydrogen) atoms. The third kappa shape index (κ3) is 2.58. The quantitative estimate of drug-likeness (QED) is 0.578. The second-order valence-corrected chi connectivity index (χ2v) is 5.50. The van der Waals surface area contributed by atoms with Crippen molar-refractivity contribution in [2.24, 2.45) is 0 Å². The summed E-state index contributed by atoms with van der Waals surface area (Å²) >= 11 is 0. The molecule has 0 atom stereocenters. The van der Waals surface area contributed by atoms with Crippen LogP contribution in [0, 0.1) is 11.3 Å². The van der Waals surface area contributed by atoms with Crippen LogP contribution in [0.4, 0.5) is 5.82 Å². The molecule has 0 aliphatic carbocycles. The Morgan fingerprint density at radius 2 is 1.76 bits per heavy atom. The molecule has 0 spiro atoms. The van der Waals surface area contributed by atoms with Gasteiger partial charge in [-0.2, -0.15) is 5.26 Å². The average molecular weight is 326 g/mol. The predicted octanol–water partition coefficient (Wildman–Crippen LogP) is 3.26.